The van der Waals surface area contributed by atoms with Crippen LogP contribution < -0.4 is 5.22 Å². The quantitative estimate of drug-likeness (QED) is 0.247. The van der Waals surface area contributed by atoms with Gasteiger partial charge in [-0.15, -0.1) is 0 Å². The Kier molecular flexibility index (Phi) is 3.65. The fraction of sp³-hybridized carbons (Fsp3) is 0.250. The van der Waals surface area contributed by atoms with Crippen LogP contribution in [0.25, 0.3) is 38.0 Å². The van der Waals surface area contributed by atoms with Gasteiger partial charge in [-0.1, -0.05) is 60.7 Å². The van der Waals surface area contributed by atoms with Gasteiger partial charge in [0, 0.05) is 5.22 Å². The molecule has 0 amide bonds. The third-order valence-electron chi connectivity index (χ3n) is 6.36. The number of rotatable bonds is 1. The van der Waals surface area contributed by atoms with Crippen LogP contribution in [0.5, 0.6) is 0 Å². The molecule has 1 saturated heterocycles. The van der Waals surface area contributed by atoms with Crippen molar-refractivity contribution in [1.29, 1.82) is 0 Å². The lowest BCUT2D eigenvalue weighted by atomic mass is 9.83. The summed E-state index contributed by atoms with van der Waals surface area (Å²) >= 11 is 0. The molecule has 1 heterocycles. The second-order valence-corrected chi connectivity index (χ2v) is 8.57. The number of fused-ring (bicyclic) bond motifs is 2. The molecule has 1 aliphatic rings. The van der Waals surface area contributed by atoms with Crippen molar-refractivity contribution in [2.75, 3.05) is 0 Å². The number of halogens is 1. The third-order valence-corrected chi connectivity index (χ3v) is 6.36. The molecule has 4 aromatic rings. The Hall–Kier alpha value is -2.43. The molecule has 0 aliphatic carbocycles. The van der Waals surface area contributed by atoms with Crippen molar-refractivity contribution in [2.24, 2.45) is 0 Å². The molecule has 1 fully saturated rings. The van der Waals surface area contributed by atoms with Gasteiger partial charge in [0.1, 0.15) is 5.73 Å². The van der Waals surface area contributed by atoms with Gasteiger partial charge < -0.3 is 9.31 Å². The minimum Gasteiger partial charge on any atom is -0.398 e. The van der Waals surface area contributed by atoms with Crippen LogP contribution in [0.1, 0.15) is 27.7 Å². The van der Waals surface area contributed by atoms with Crippen LogP contribution in [-0.2, 0) is 9.31 Å². The molecule has 0 aromatic heterocycles. The van der Waals surface area contributed by atoms with Crippen molar-refractivity contribution in [2.45, 2.75) is 38.9 Å². The van der Waals surface area contributed by atoms with Gasteiger partial charge >= 0.3 is 7.12 Å². The summed E-state index contributed by atoms with van der Waals surface area (Å²) in [6.45, 7) is 7.76. The van der Waals surface area contributed by atoms with E-state index in [2.05, 4.69) is 30.3 Å². The molecule has 0 radical (unpaired) electrons. The first-order valence-corrected chi connectivity index (χ1v) is 9.67. The lowest BCUT2D eigenvalue weighted by Gasteiger charge is -2.32. The Morgan fingerprint density at radius 2 is 1.25 bits per heavy atom. The maximum Gasteiger partial charge on any atom is 0.525 e. The maximum atomic E-state index is 16.0. The van der Waals surface area contributed by atoms with E-state index < -0.39 is 18.3 Å². The summed E-state index contributed by atoms with van der Waals surface area (Å²) in [6, 6.07) is 20.2. The van der Waals surface area contributed by atoms with Gasteiger partial charge in [0.05, 0.1) is 11.2 Å². The predicted molar refractivity (Wildman–Crippen MR) is 115 cm³/mol. The molecule has 140 valence electrons. The molecule has 0 saturated carbocycles. The molecule has 1 aliphatic heterocycles. The highest BCUT2D eigenvalue weighted by Crippen LogP contribution is 2.39. The lowest BCUT2D eigenvalue weighted by Crippen LogP contribution is -2.41. The van der Waals surface area contributed by atoms with Crippen LogP contribution in [0.4, 0.5) is 4.39 Å². The molecule has 0 N–H and O–H groups in total. The van der Waals surface area contributed by atoms with E-state index in [-0.39, 0.29) is 5.73 Å². The standard InChI is InChI=1S/C24H22BFO2/c1-23(2)24(3,4)28-25(27-23)22(26)21-18-12-6-5-11-16(18)17-13-7-9-15-10-8-14-19(21)20(15)17/h5-14H,1-4H3. The van der Waals surface area contributed by atoms with E-state index in [4.69, 9.17) is 9.31 Å². The van der Waals surface area contributed by atoms with Crippen molar-refractivity contribution < 1.29 is 13.7 Å². The van der Waals surface area contributed by atoms with Gasteiger partial charge in [0.2, 0.25) is 0 Å². The van der Waals surface area contributed by atoms with Gasteiger partial charge in [-0.05, 0) is 60.0 Å². The van der Waals surface area contributed by atoms with Crippen LogP contribution in [0.2, 0.25) is 0 Å². The number of hydrogen-bond acceptors (Lipinski definition) is 2. The molecule has 5 rings (SSSR count). The fourth-order valence-corrected chi connectivity index (χ4v) is 4.18. The molecule has 2 nitrogen and oxygen atoms in total. The molecular weight excluding hydrogens is 350 g/mol. The van der Waals surface area contributed by atoms with Crippen molar-refractivity contribution in [1.82, 2.24) is 0 Å². The average molecular weight is 372 g/mol. The first kappa shape index (κ1) is 17.7. The highest BCUT2D eigenvalue weighted by atomic mass is 19.1. The molecule has 0 atom stereocenters. The molecule has 0 unspecified atom stereocenters. The minimum absolute atomic E-state index is 0.367. The van der Waals surface area contributed by atoms with Crippen LogP contribution >= 0.6 is 0 Å². The highest BCUT2D eigenvalue weighted by Gasteiger charge is 2.53. The SMILES string of the molecule is CC1(C)OB(C(F)=c2c3ccccc3c3cccc4cccc2c43)OC1(C)C. The van der Waals surface area contributed by atoms with E-state index in [1.807, 2.05) is 58.0 Å². The van der Waals surface area contributed by atoms with E-state index in [1.165, 1.54) is 0 Å². The Bertz CT molecular complexity index is 1270. The number of hydrogen-bond donors (Lipinski definition) is 0. The zero-order chi connectivity index (χ0) is 19.7. The minimum atomic E-state index is -1.02. The summed E-state index contributed by atoms with van der Waals surface area (Å²) < 4.78 is 28.1. The number of benzene rings is 4. The van der Waals surface area contributed by atoms with Gasteiger partial charge in [-0.25, -0.2) is 4.39 Å². The Balaban J connectivity index is 1.94. The zero-order valence-electron chi connectivity index (χ0n) is 16.5. The maximum absolute atomic E-state index is 16.0. The topological polar surface area (TPSA) is 18.5 Å². The van der Waals surface area contributed by atoms with Crippen LogP contribution in [0.15, 0.2) is 60.7 Å². The van der Waals surface area contributed by atoms with Gasteiger partial charge in [0.15, 0.2) is 0 Å². The van der Waals surface area contributed by atoms with Crippen molar-refractivity contribution in [3.05, 3.63) is 65.9 Å². The average Bonchev–Trinajstić information content (AvgIpc) is 2.89. The largest absolute Gasteiger partial charge is 0.525 e. The van der Waals surface area contributed by atoms with Crippen molar-refractivity contribution in [3.63, 3.8) is 0 Å². The second kappa shape index (κ2) is 5.79. The highest BCUT2D eigenvalue weighted by molar-refractivity contribution is 6.65. The monoisotopic (exact) mass is 372 g/mol. The first-order chi connectivity index (χ1) is 13.3. The van der Waals surface area contributed by atoms with Gasteiger partial charge in [0.25, 0.3) is 0 Å². The molecule has 28 heavy (non-hydrogen) atoms. The summed E-state index contributed by atoms with van der Waals surface area (Å²) in [5.41, 5.74) is -1.55. The Labute approximate surface area is 164 Å². The van der Waals surface area contributed by atoms with Crippen LogP contribution in [0, 0.1) is 0 Å². The Morgan fingerprint density at radius 3 is 1.89 bits per heavy atom. The summed E-state index contributed by atoms with van der Waals surface area (Å²) in [5, 5.41) is 6.68. The molecule has 4 heteroatoms. The third kappa shape index (κ3) is 2.35. The zero-order valence-corrected chi connectivity index (χ0v) is 16.5. The lowest BCUT2D eigenvalue weighted by molar-refractivity contribution is 0.00578. The predicted octanol–water partition coefficient (Wildman–Crippen LogP) is 5.57. The molecular formula is C24H22BFO2. The van der Waals surface area contributed by atoms with Gasteiger partial charge in [-0.2, -0.15) is 0 Å². The van der Waals surface area contributed by atoms with Crippen molar-refractivity contribution >= 4 is 45.2 Å². The van der Waals surface area contributed by atoms with E-state index in [9.17, 15) is 0 Å². The van der Waals surface area contributed by atoms with Crippen LogP contribution in [-0.4, -0.2) is 18.3 Å². The van der Waals surface area contributed by atoms with Gasteiger partial charge in [-0.3, -0.25) is 0 Å². The summed E-state index contributed by atoms with van der Waals surface area (Å²) in [7, 11) is -1.02. The summed E-state index contributed by atoms with van der Waals surface area (Å²) in [4.78, 5) is 0. The smallest absolute Gasteiger partial charge is 0.398 e. The van der Waals surface area contributed by atoms with E-state index in [0.29, 0.717) is 5.22 Å². The summed E-state index contributed by atoms with van der Waals surface area (Å²) in [6.07, 6.45) is 0. The molecule has 4 aromatic carbocycles. The van der Waals surface area contributed by atoms with Crippen LogP contribution in [0.3, 0.4) is 0 Å². The van der Waals surface area contributed by atoms with E-state index in [1.54, 1.807) is 0 Å². The van der Waals surface area contributed by atoms with E-state index >= 15 is 4.39 Å². The van der Waals surface area contributed by atoms with Crippen molar-refractivity contribution in [3.8, 4) is 0 Å². The van der Waals surface area contributed by atoms with E-state index in [0.717, 1.165) is 32.3 Å². The molecule has 0 spiro atoms. The summed E-state index contributed by atoms with van der Waals surface area (Å²) in [5.74, 6) is 0. The molecule has 0 bridgehead atoms. The first-order valence-electron chi connectivity index (χ1n) is 9.67. The normalized spacial score (nSPS) is 19.7. The Morgan fingerprint density at radius 1 is 0.714 bits per heavy atom. The second-order valence-electron chi connectivity index (χ2n) is 8.57. The fourth-order valence-electron chi connectivity index (χ4n) is 4.18.